The third-order valence-corrected chi connectivity index (χ3v) is 4.28. The second-order valence-corrected chi connectivity index (χ2v) is 7.57. The molecule has 1 amide bonds. The van der Waals surface area contributed by atoms with Crippen LogP contribution >= 0.6 is 11.9 Å². The molecule has 2 rings (SSSR count). The first-order valence-corrected chi connectivity index (χ1v) is 8.98. The van der Waals surface area contributed by atoms with E-state index in [2.05, 4.69) is 12.3 Å². The van der Waals surface area contributed by atoms with Crippen molar-refractivity contribution in [3.8, 4) is 0 Å². The molecule has 0 aromatic heterocycles. The number of amides is 1. The summed E-state index contributed by atoms with van der Waals surface area (Å²) in [6, 6.07) is 18.5. The van der Waals surface area contributed by atoms with Crippen LogP contribution in [0.25, 0.3) is 0 Å². The molecule has 1 atom stereocenters. The van der Waals surface area contributed by atoms with Gasteiger partial charge in [-0.1, -0.05) is 55.1 Å². The second kappa shape index (κ2) is 8.77. The number of nitrogens with zero attached hydrogens (tertiary/aromatic N) is 1. The molecule has 0 saturated carbocycles. The van der Waals surface area contributed by atoms with Gasteiger partial charge in [0, 0.05) is 4.90 Å². The zero-order chi connectivity index (χ0) is 19.2. The largest absolute Gasteiger partial charge is 0.443 e. The molecular formula is C21H23NO3S. The van der Waals surface area contributed by atoms with Crippen molar-refractivity contribution in [2.75, 3.05) is 0 Å². The minimum atomic E-state index is -1.06. The Kier molecular flexibility index (Phi) is 6.70. The smallest absolute Gasteiger partial charge is 0.425 e. The highest BCUT2D eigenvalue weighted by Crippen LogP contribution is 2.34. The number of aliphatic hydroxyl groups excluding tert-OH is 1. The van der Waals surface area contributed by atoms with Gasteiger partial charge >= 0.3 is 6.09 Å². The Morgan fingerprint density at radius 3 is 2.15 bits per heavy atom. The predicted octanol–water partition coefficient (Wildman–Crippen LogP) is 5.33. The summed E-state index contributed by atoms with van der Waals surface area (Å²) in [5.41, 5.74) is 2.90. The number of aliphatic hydroxyl groups is 1. The molecule has 0 fully saturated rings. The van der Waals surface area contributed by atoms with Gasteiger partial charge in [-0.2, -0.15) is 0 Å². The summed E-state index contributed by atoms with van der Waals surface area (Å²) in [5, 5.41) is 10.8. The molecule has 0 radical (unpaired) electrons. The van der Waals surface area contributed by atoms with Crippen molar-refractivity contribution in [3.05, 3.63) is 84.2 Å². The summed E-state index contributed by atoms with van der Waals surface area (Å²) in [5.74, 6) is 0. The Morgan fingerprint density at radius 1 is 1.12 bits per heavy atom. The fourth-order valence-corrected chi connectivity index (χ4v) is 3.01. The second-order valence-electron chi connectivity index (χ2n) is 6.55. The van der Waals surface area contributed by atoms with Crippen molar-refractivity contribution in [3.63, 3.8) is 0 Å². The number of carbonyl (C=O) groups excluding carboxylic acids is 1. The van der Waals surface area contributed by atoms with Gasteiger partial charge in [0.15, 0.2) is 0 Å². The maximum absolute atomic E-state index is 12.8. The third-order valence-electron chi connectivity index (χ3n) is 3.27. The lowest BCUT2D eigenvalue weighted by Gasteiger charge is -2.29. The summed E-state index contributed by atoms with van der Waals surface area (Å²) >= 11 is 1.15. The number of hydrogen-bond acceptors (Lipinski definition) is 4. The molecule has 26 heavy (non-hydrogen) atoms. The average molecular weight is 369 g/mol. The van der Waals surface area contributed by atoms with Crippen LogP contribution in [0, 0.1) is 0 Å². The van der Waals surface area contributed by atoms with E-state index in [1.807, 2.05) is 48.5 Å². The summed E-state index contributed by atoms with van der Waals surface area (Å²) in [6.45, 7) is 9.04. The molecule has 5 heteroatoms. The Labute approximate surface area is 158 Å². The van der Waals surface area contributed by atoms with Crippen molar-refractivity contribution >= 4 is 18.0 Å². The minimum Gasteiger partial charge on any atom is -0.443 e. The van der Waals surface area contributed by atoms with Gasteiger partial charge < -0.3 is 9.84 Å². The molecule has 1 unspecified atom stereocenters. The molecule has 0 bridgehead atoms. The normalized spacial score (nSPS) is 12.0. The highest BCUT2D eigenvalue weighted by molar-refractivity contribution is 7.97. The molecule has 2 aromatic rings. The molecule has 136 valence electrons. The molecule has 2 aromatic carbocycles. The van der Waals surface area contributed by atoms with Crippen molar-refractivity contribution < 1.29 is 14.6 Å². The topological polar surface area (TPSA) is 49.8 Å². The van der Waals surface area contributed by atoms with Gasteiger partial charge in [0.1, 0.15) is 17.4 Å². The number of rotatable bonds is 5. The van der Waals surface area contributed by atoms with Crippen LogP contribution in [0.5, 0.6) is 0 Å². The van der Waals surface area contributed by atoms with Crippen LogP contribution in [0.2, 0.25) is 0 Å². The first-order chi connectivity index (χ1) is 12.3. The van der Waals surface area contributed by atoms with Gasteiger partial charge in [-0.3, -0.25) is 0 Å². The molecular weight excluding hydrogens is 346 g/mol. The van der Waals surface area contributed by atoms with Gasteiger partial charge in [0.05, 0.1) is 0 Å². The molecule has 0 spiro atoms. The van der Waals surface area contributed by atoms with Crippen LogP contribution in [0.1, 0.15) is 32.4 Å². The Hall–Kier alpha value is -2.46. The quantitative estimate of drug-likeness (QED) is 0.571. The minimum absolute atomic E-state index is 0.222. The maximum atomic E-state index is 12.8. The van der Waals surface area contributed by atoms with E-state index in [-0.39, 0.29) is 5.70 Å². The van der Waals surface area contributed by atoms with Crippen LogP contribution < -0.4 is 0 Å². The lowest BCUT2D eigenvalue weighted by molar-refractivity contribution is 0.0406. The van der Waals surface area contributed by atoms with Crippen molar-refractivity contribution in [1.82, 2.24) is 4.31 Å². The van der Waals surface area contributed by atoms with E-state index in [0.29, 0.717) is 5.56 Å². The first kappa shape index (κ1) is 19.9. The van der Waals surface area contributed by atoms with E-state index in [1.54, 1.807) is 32.9 Å². The average Bonchev–Trinajstić information content (AvgIpc) is 2.61. The van der Waals surface area contributed by atoms with Crippen LogP contribution in [-0.4, -0.2) is 21.1 Å². The monoisotopic (exact) mass is 369 g/mol. The lowest BCUT2D eigenvalue weighted by atomic mass is 10.1. The highest BCUT2D eigenvalue weighted by Gasteiger charge is 2.30. The fraction of sp³-hybridized carbons (Fsp3) is 0.238. The molecule has 0 heterocycles. The highest BCUT2D eigenvalue weighted by atomic mass is 32.2. The van der Waals surface area contributed by atoms with E-state index in [4.69, 9.17) is 4.74 Å². The van der Waals surface area contributed by atoms with Gasteiger partial charge in [-0.05, 0) is 50.4 Å². The number of benzene rings is 2. The molecule has 0 saturated heterocycles. The number of ether oxygens (including phenoxy) is 1. The van der Waals surface area contributed by atoms with Crippen molar-refractivity contribution in [1.29, 1.82) is 0 Å². The summed E-state index contributed by atoms with van der Waals surface area (Å²) in [7, 11) is 0. The number of carbonyl (C=O) groups is 1. The Bertz CT molecular complexity index is 778. The van der Waals surface area contributed by atoms with Crippen LogP contribution in [0.3, 0.4) is 0 Å². The Balaban J connectivity index is 2.37. The molecule has 0 aliphatic heterocycles. The zero-order valence-corrected chi connectivity index (χ0v) is 16.0. The van der Waals surface area contributed by atoms with E-state index >= 15 is 0 Å². The van der Waals surface area contributed by atoms with E-state index in [0.717, 1.165) is 16.8 Å². The fourth-order valence-electron chi connectivity index (χ4n) is 2.15. The molecule has 4 nitrogen and oxygen atoms in total. The van der Waals surface area contributed by atoms with Crippen LogP contribution in [-0.2, 0) is 4.74 Å². The van der Waals surface area contributed by atoms with Crippen LogP contribution in [0.15, 0.2) is 83.6 Å². The van der Waals surface area contributed by atoms with Crippen molar-refractivity contribution in [2.45, 2.75) is 37.4 Å². The standard InChI is InChI=1S/C21H23NO3S/c1-5-18(19(23)16-12-8-6-9-13-16)22(20(24)25-21(2,3)4)26-17-14-10-7-11-15-17/h6-15,19,23H,1H2,2-4H3. The predicted molar refractivity (Wildman–Crippen MR) is 104 cm³/mol. The van der Waals surface area contributed by atoms with Gasteiger partial charge in [-0.15, -0.1) is 5.73 Å². The SMILES string of the molecule is C=C=C(C(O)c1ccccc1)N(Sc1ccccc1)C(=O)OC(C)(C)C. The summed E-state index contributed by atoms with van der Waals surface area (Å²) < 4.78 is 6.80. The van der Waals surface area contributed by atoms with E-state index in [1.165, 1.54) is 4.31 Å². The van der Waals surface area contributed by atoms with Gasteiger partial charge in [-0.25, -0.2) is 9.10 Å². The summed E-state index contributed by atoms with van der Waals surface area (Å²) in [4.78, 5) is 13.6. The van der Waals surface area contributed by atoms with E-state index < -0.39 is 17.8 Å². The lowest BCUT2D eigenvalue weighted by Crippen LogP contribution is -2.33. The molecule has 0 aliphatic rings. The Morgan fingerprint density at radius 2 is 1.65 bits per heavy atom. The third kappa shape index (κ3) is 5.53. The molecule has 1 N–H and O–H groups in total. The molecule has 0 aliphatic carbocycles. The van der Waals surface area contributed by atoms with Crippen LogP contribution in [0.4, 0.5) is 4.79 Å². The van der Waals surface area contributed by atoms with E-state index in [9.17, 15) is 9.90 Å². The zero-order valence-electron chi connectivity index (χ0n) is 15.2. The first-order valence-electron chi connectivity index (χ1n) is 8.21. The van der Waals surface area contributed by atoms with Gasteiger partial charge in [0.2, 0.25) is 0 Å². The summed E-state index contributed by atoms with van der Waals surface area (Å²) in [6.07, 6.45) is -1.65. The number of hydrogen-bond donors (Lipinski definition) is 1. The van der Waals surface area contributed by atoms with Crippen molar-refractivity contribution in [2.24, 2.45) is 0 Å². The maximum Gasteiger partial charge on any atom is 0.425 e. The van der Waals surface area contributed by atoms with Gasteiger partial charge in [0.25, 0.3) is 0 Å².